The van der Waals surface area contributed by atoms with Crippen LogP contribution in [0.15, 0.2) is 0 Å². The van der Waals surface area contributed by atoms with Crippen LogP contribution < -0.4 is 5.32 Å². The maximum atomic E-state index is 10.1. The summed E-state index contributed by atoms with van der Waals surface area (Å²) in [6, 6.07) is 0. The number of nitrogens with zero attached hydrogens (tertiary/aromatic N) is 1. The maximum absolute atomic E-state index is 10.1. The van der Waals surface area contributed by atoms with Gasteiger partial charge in [-0.3, -0.25) is 14.7 Å². The minimum Gasteiger partial charge on any atom is -0.324 e. The molecule has 76 valence electrons. The van der Waals surface area contributed by atoms with Crippen LogP contribution in [0.1, 0.15) is 13.8 Å². The molecule has 0 aromatic carbocycles. The highest BCUT2D eigenvalue weighted by Gasteiger charge is 2.05. The van der Waals surface area contributed by atoms with Gasteiger partial charge in [0, 0.05) is 13.6 Å². The van der Waals surface area contributed by atoms with Crippen molar-refractivity contribution in [3.63, 3.8) is 0 Å². The zero-order valence-corrected chi connectivity index (χ0v) is 8.67. The molecular weight excluding hydrogens is 195 g/mol. The molecular formula is C6H13N2O4P. The van der Waals surface area contributed by atoms with Gasteiger partial charge in [0.1, 0.15) is 0 Å². The highest BCUT2D eigenvalue weighted by molar-refractivity contribution is 7.51. The highest BCUT2D eigenvalue weighted by atomic mass is 31.2. The predicted molar refractivity (Wildman–Crippen MR) is 46.8 cm³/mol. The largest absolute Gasteiger partial charge is 0.325 e. The first-order chi connectivity index (χ1) is 5.83. The minimum atomic E-state index is -3.17. The molecule has 0 fully saturated rings. The lowest BCUT2D eigenvalue weighted by Crippen LogP contribution is -2.11. The average Bonchev–Trinajstić information content (AvgIpc) is 1.84. The quantitative estimate of drug-likeness (QED) is 0.389. The summed E-state index contributed by atoms with van der Waals surface area (Å²) >= 11 is 0. The Labute approximate surface area is 77.0 Å². The number of nitriles is 1. The Balaban J connectivity index is 0. The normalized spacial score (nSPS) is 12.8. The molecule has 1 amide bonds. The summed E-state index contributed by atoms with van der Waals surface area (Å²) in [5.41, 5.74) is 0. The molecule has 0 spiro atoms. The van der Waals surface area contributed by atoms with Crippen molar-refractivity contribution in [2.75, 3.05) is 13.3 Å². The fraction of sp³-hybridized carbons (Fsp3) is 0.667. The average molecular weight is 208 g/mol. The second-order valence-corrected chi connectivity index (χ2v) is 3.88. The molecule has 0 aliphatic carbocycles. The molecule has 0 saturated heterocycles. The van der Waals surface area contributed by atoms with Crippen molar-refractivity contribution in [2.45, 2.75) is 13.8 Å². The van der Waals surface area contributed by atoms with Crippen LogP contribution in [0.5, 0.6) is 0 Å². The van der Waals surface area contributed by atoms with Gasteiger partial charge in [0.2, 0.25) is 5.91 Å². The first kappa shape index (κ1) is 14.6. The van der Waals surface area contributed by atoms with Gasteiger partial charge in [-0.2, -0.15) is 5.26 Å². The van der Waals surface area contributed by atoms with Crippen LogP contribution in [0, 0.1) is 11.5 Å². The van der Waals surface area contributed by atoms with E-state index >= 15 is 0 Å². The van der Waals surface area contributed by atoms with Gasteiger partial charge in [-0.15, -0.1) is 0 Å². The van der Waals surface area contributed by atoms with Crippen molar-refractivity contribution in [1.29, 1.82) is 5.26 Å². The number of carbonyl (C=O) groups is 1. The van der Waals surface area contributed by atoms with E-state index in [2.05, 4.69) is 4.52 Å². The smallest absolute Gasteiger partial charge is 0.324 e. The Bertz CT molecular complexity index is 229. The van der Waals surface area contributed by atoms with Crippen molar-refractivity contribution >= 4 is 13.5 Å². The number of nitrogens with one attached hydrogen (secondary N) is 1. The lowest BCUT2D eigenvalue weighted by atomic mass is 10.7. The van der Waals surface area contributed by atoms with Crippen molar-refractivity contribution in [2.24, 2.45) is 0 Å². The van der Waals surface area contributed by atoms with Crippen LogP contribution >= 0.6 is 7.60 Å². The Morgan fingerprint density at radius 3 is 2.23 bits per heavy atom. The molecule has 0 bridgehead atoms. The summed E-state index contributed by atoms with van der Waals surface area (Å²) in [6.07, 6.45) is 1.47. The zero-order chi connectivity index (χ0) is 10.9. The molecule has 0 saturated carbocycles. The van der Waals surface area contributed by atoms with E-state index in [1.165, 1.54) is 13.1 Å². The SMILES string of the molecule is CC(=O)NC#N.CCOP(C)(=O)O. The van der Waals surface area contributed by atoms with E-state index in [9.17, 15) is 9.36 Å². The van der Waals surface area contributed by atoms with Crippen LogP contribution in [0.3, 0.4) is 0 Å². The van der Waals surface area contributed by atoms with E-state index in [1.807, 2.05) is 5.32 Å². The molecule has 1 atom stereocenters. The second-order valence-electron chi connectivity index (χ2n) is 2.01. The Morgan fingerprint density at radius 1 is 1.77 bits per heavy atom. The van der Waals surface area contributed by atoms with Crippen molar-refractivity contribution < 1.29 is 18.8 Å². The Kier molecular flexibility index (Phi) is 8.71. The third-order valence-electron chi connectivity index (χ3n) is 0.601. The first-order valence-electron chi connectivity index (χ1n) is 3.44. The molecule has 0 rings (SSSR count). The van der Waals surface area contributed by atoms with Gasteiger partial charge in [-0.25, -0.2) is 0 Å². The van der Waals surface area contributed by atoms with E-state index in [0.717, 1.165) is 6.66 Å². The summed E-state index contributed by atoms with van der Waals surface area (Å²) in [7, 11) is -3.17. The fourth-order valence-corrected chi connectivity index (χ4v) is 0.797. The van der Waals surface area contributed by atoms with Crippen molar-refractivity contribution in [3.8, 4) is 6.19 Å². The molecule has 0 aliphatic rings. The molecule has 0 aromatic rings. The molecule has 0 radical (unpaired) electrons. The van der Waals surface area contributed by atoms with Gasteiger partial charge in [-0.1, -0.05) is 0 Å². The topological polar surface area (TPSA) is 99.4 Å². The van der Waals surface area contributed by atoms with Gasteiger partial charge in [0.25, 0.3) is 0 Å². The van der Waals surface area contributed by atoms with Gasteiger partial charge >= 0.3 is 7.60 Å². The monoisotopic (exact) mass is 208 g/mol. The lowest BCUT2D eigenvalue weighted by molar-refractivity contribution is -0.117. The standard InChI is InChI=1S/C3H4N2O.C3H9O3P/c1-3(6)5-2-4;1-3-6-7(2,4)5/h1H3,(H,5,6);3H2,1-2H3,(H,4,5). The van der Waals surface area contributed by atoms with Gasteiger partial charge in [-0.05, 0) is 6.92 Å². The summed E-state index contributed by atoms with van der Waals surface area (Å²) in [6.45, 7) is 4.41. The number of amides is 1. The molecule has 13 heavy (non-hydrogen) atoms. The number of carbonyl (C=O) groups excluding carboxylic acids is 1. The van der Waals surface area contributed by atoms with Crippen LogP contribution in [-0.4, -0.2) is 24.1 Å². The molecule has 2 N–H and O–H groups in total. The zero-order valence-electron chi connectivity index (χ0n) is 7.77. The van der Waals surface area contributed by atoms with E-state index in [0.29, 0.717) is 6.61 Å². The molecule has 0 aliphatic heterocycles. The predicted octanol–water partition coefficient (Wildman–Crippen LogP) is 0.442. The highest BCUT2D eigenvalue weighted by Crippen LogP contribution is 2.35. The third-order valence-corrected chi connectivity index (χ3v) is 1.34. The molecule has 0 aromatic heterocycles. The summed E-state index contributed by atoms with van der Waals surface area (Å²) in [5.74, 6) is -0.322. The van der Waals surface area contributed by atoms with E-state index in [1.54, 1.807) is 6.92 Å². The van der Waals surface area contributed by atoms with E-state index < -0.39 is 7.60 Å². The second kappa shape index (κ2) is 7.74. The minimum absolute atomic E-state index is 0.296. The molecule has 6 nitrogen and oxygen atoms in total. The number of hydrogen-bond acceptors (Lipinski definition) is 4. The molecule has 1 unspecified atom stereocenters. The molecule has 0 heterocycles. The number of rotatable bonds is 2. The van der Waals surface area contributed by atoms with Crippen molar-refractivity contribution in [1.82, 2.24) is 5.32 Å². The Hall–Kier alpha value is -0.890. The number of hydrogen-bond donors (Lipinski definition) is 2. The fourth-order valence-electron chi connectivity index (χ4n) is 0.318. The van der Waals surface area contributed by atoms with E-state index in [-0.39, 0.29) is 5.91 Å². The van der Waals surface area contributed by atoms with Gasteiger partial charge in [0.15, 0.2) is 6.19 Å². The van der Waals surface area contributed by atoms with Crippen molar-refractivity contribution in [3.05, 3.63) is 0 Å². The maximum Gasteiger partial charge on any atom is 0.325 e. The lowest BCUT2D eigenvalue weighted by Gasteiger charge is -2.00. The van der Waals surface area contributed by atoms with Crippen LogP contribution in [0.25, 0.3) is 0 Å². The summed E-state index contributed by atoms with van der Waals surface area (Å²) < 4.78 is 14.5. The first-order valence-corrected chi connectivity index (χ1v) is 5.46. The third kappa shape index (κ3) is 24.7. The summed E-state index contributed by atoms with van der Waals surface area (Å²) in [5, 5.41) is 9.53. The Morgan fingerprint density at radius 2 is 2.23 bits per heavy atom. The summed E-state index contributed by atoms with van der Waals surface area (Å²) in [4.78, 5) is 18.1. The van der Waals surface area contributed by atoms with E-state index in [4.69, 9.17) is 10.2 Å². The van der Waals surface area contributed by atoms with Crippen LogP contribution in [0.2, 0.25) is 0 Å². The van der Waals surface area contributed by atoms with Crippen LogP contribution in [-0.2, 0) is 13.9 Å². The van der Waals surface area contributed by atoms with Gasteiger partial charge < -0.3 is 9.42 Å². The van der Waals surface area contributed by atoms with Gasteiger partial charge in [0.05, 0.1) is 6.61 Å². The molecule has 7 heteroatoms. The van der Waals surface area contributed by atoms with Crippen LogP contribution in [0.4, 0.5) is 0 Å².